The van der Waals surface area contributed by atoms with E-state index >= 15 is 0 Å². The maximum atomic E-state index is 11.3. The lowest BCUT2D eigenvalue weighted by molar-refractivity contribution is -0.129. The fourth-order valence-electron chi connectivity index (χ4n) is 0.877. The summed E-state index contributed by atoms with van der Waals surface area (Å²) in [5, 5.41) is 2.94. The topological polar surface area (TPSA) is 32.3 Å². The Morgan fingerprint density at radius 2 is 2.18 bits per heavy atom. The van der Waals surface area contributed by atoms with Gasteiger partial charge in [-0.05, 0) is 12.3 Å². The first-order valence-corrected chi connectivity index (χ1v) is 3.52. The van der Waals surface area contributed by atoms with Crippen molar-refractivity contribution >= 4 is 5.91 Å². The van der Waals surface area contributed by atoms with Gasteiger partial charge in [0.1, 0.15) is 6.04 Å². The molecule has 1 rings (SSSR count). The Bertz CT molecular complexity index is 206. The predicted molar refractivity (Wildman–Crippen MR) is 43.9 cm³/mol. The van der Waals surface area contributed by atoms with Crippen LogP contribution in [-0.2, 0) is 4.79 Å². The van der Waals surface area contributed by atoms with E-state index in [2.05, 4.69) is 5.32 Å². The molecule has 0 saturated carbocycles. The standard InChI is InChI=1S/C8H12N2O/c1-10(2)8(11)7-5-3-4-6-9-7/h3-7,9H,1-2H3. The molecular formula is C8H12N2O. The largest absolute Gasteiger partial charge is 0.377 e. The number of amides is 1. The third-order valence-electron chi connectivity index (χ3n) is 1.49. The first-order valence-electron chi connectivity index (χ1n) is 3.52. The van der Waals surface area contributed by atoms with Crippen molar-refractivity contribution in [1.29, 1.82) is 0 Å². The van der Waals surface area contributed by atoms with Crippen LogP contribution in [0.25, 0.3) is 0 Å². The van der Waals surface area contributed by atoms with E-state index in [1.165, 1.54) is 0 Å². The number of rotatable bonds is 1. The maximum absolute atomic E-state index is 11.3. The van der Waals surface area contributed by atoms with E-state index in [0.717, 1.165) is 0 Å². The first kappa shape index (κ1) is 7.85. The van der Waals surface area contributed by atoms with E-state index in [0.29, 0.717) is 0 Å². The minimum Gasteiger partial charge on any atom is -0.377 e. The average Bonchev–Trinajstić information content (AvgIpc) is 2.05. The summed E-state index contributed by atoms with van der Waals surface area (Å²) in [5.41, 5.74) is 0. The van der Waals surface area contributed by atoms with Crippen molar-refractivity contribution in [3.63, 3.8) is 0 Å². The van der Waals surface area contributed by atoms with Crippen LogP contribution in [0.3, 0.4) is 0 Å². The molecule has 0 spiro atoms. The number of nitrogens with one attached hydrogen (secondary N) is 1. The summed E-state index contributed by atoms with van der Waals surface area (Å²) in [4.78, 5) is 12.8. The van der Waals surface area contributed by atoms with Gasteiger partial charge in [0.25, 0.3) is 0 Å². The predicted octanol–water partition coefficient (Wildman–Crippen LogP) is 0.116. The van der Waals surface area contributed by atoms with Crippen molar-refractivity contribution in [2.75, 3.05) is 14.1 Å². The van der Waals surface area contributed by atoms with E-state index in [1.807, 2.05) is 18.2 Å². The van der Waals surface area contributed by atoms with Gasteiger partial charge in [-0.15, -0.1) is 0 Å². The number of carbonyl (C=O) groups excluding carboxylic acids is 1. The van der Waals surface area contributed by atoms with Gasteiger partial charge in [-0.1, -0.05) is 12.2 Å². The second-order valence-electron chi connectivity index (χ2n) is 2.62. The second-order valence-corrected chi connectivity index (χ2v) is 2.62. The zero-order valence-electron chi connectivity index (χ0n) is 6.74. The maximum Gasteiger partial charge on any atom is 0.248 e. The minimum atomic E-state index is -0.185. The van der Waals surface area contributed by atoms with Crippen LogP contribution in [0.2, 0.25) is 0 Å². The number of dihydropyridines is 1. The highest BCUT2D eigenvalue weighted by atomic mass is 16.2. The zero-order valence-corrected chi connectivity index (χ0v) is 6.74. The van der Waals surface area contributed by atoms with Gasteiger partial charge in [-0.25, -0.2) is 0 Å². The van der Waals surface area contributed by atoms with Crippen LogP contribution in [0.5, 0.6) is 0 Å². The van der Waals surface area contributed by atoms with Crippen LogP contribution >= 0.6 is 0 Å². The lowest BCUT2D eigenvalue weighted by Gasteiger charge is -2.19. The molecule has 0 aliphatic carbocycles. The van der Waals surface area contributed by atoms with Gasteiger partial charge in [0.15, 0.2) is 0 Å². The normalized spacial score (nSPS) is 21.1. The molecule has 0 fully saturated rings. The SMILES string of the molecule is CN(C)C(=O)C1C=CC=CN1. The Kier molecular flexibility index (Phi) is 2.31. The van der Waals surface area contributed by atoms with Gasteiger partial charge >= 0.3 is 0 Å². The van der Waals surface area contributed by atoms with Crippen molar-refractivity contribution < 1.29 is 4.79 Å². The fourth-order valence-corrected chi connectivity index (χ4v) is 0.877. The van der Waals surface area contributed by atoms with Gasteiger partial charge in [-0.3, -0.25) is 4.79 Å². The molecule has 11 heavy (non-hydrogen) atoms. The molecule has 1 atom stereocenters. The molecular weight excluding hydrogens is 140 g/mol. The summed E-state index contributed by atoms with van der Waals surface area (Å²) in [6.45, 7) is 0. The molecule has 3 nitrogen and oxygen atoms in total. The molecule has 0 bridgehead atoms. The number of hydrogen-bond donors (Lipinski definition) is 1. The van der Waals surface area contributed by atoms with E-state index in [4.69, 9.17) is 0 Å². The van der Waals surface area contributed by atoms with Crippen LogP contribution in [0.15, 0.2) is 24.4 Å². The van der Waals surface area contributed by atoms with Crippen LogP contribution in [0.4, 0.5) is 0 Å². The van der Waals surface area contributed by atoms with Crippen LogP contribution in [0.1, 0.15) is 0 Å². The summed E-state index contributed by atoms with van der Waals surface area (Å²) in [5.74, 6) is 0.0746. The van der Waals surface area contributed by atoms with E-state index in [1.54, 1.807) is 25.2 Å². The molecule has 0 aromatic rings. The quantitative estimate of drug-likeness (QED) is 0.578. The molecule has 1 amide bonds. The highest BCUT2D eigenvalue weighted by molar-refractivity contribution is 5.83. The van der Waals surface area contributed by atoms with E-state index in [-0.39, 0.29) is 11.9 Å². The summed E-state index contributed by atoms with van der Waals surface area (Å²) in [6, 6.07) is -0.185. The molecule has 1 N–H and O–H groups in total. The van der Waals surface area contributed by atoms with Crippen molar-refractivity contribution in [2.24, 2.45) is 0 Å². The van der Waals surface area contributed by atoms with Gasteiger partial charge in [0.05, 0.1) is 0 Å². The lowest BCUT2D eigenvalue weighted by atomic mass is 10.2. The van der Waals surface area contributed by atoms with Gasteiger partial charge < -0.3 is 10.2 Å². The fraction of sp³-hybridized carbons (Fsp3) is 0.375. The number of likely N-dealkylation sites (N-methyl/N-ethyl adjacent to an activating group) is 1. The van der Waals surface area contributed by atoms with Crippen LogP contribution in [0, 0.1) is 0 Å². The van der Waals surface area contributed by atoms with Crippen molar-refractivity contribution in [1.82, 2.24) is 10.2 Å². The first-order chi connectivity index (χ1) is 5.22. The highest BCUT2D eigenvalue weighted by Crippen LogP contribution is 1.97. The van der Waals surface area contributed by atoms with Gasteiger partial charge in [0, 0.05) is 14.1 Å². The van der Waals surface area contributed by atoms with Crippen LogP contribution < -0.4 is 5.32 Å². The Hall–Kier alpha value is -1.25. The highest BCUT2D eigenvalue weighted by Gasteiger charge is 2.15. The third kappa shape index (κ3) is 1.83. The second kappa shape index (κ2) is 3.23. The Morgan fingerprint density at radius 1 is 1.45 bits per heavy atom. The average molecular weight is 152 g/mol. The molecule has 1 heterocycles. The Morgan fingerprint density at radius 3 is 2.64 bits per heavy atom. The van der Waals surface area contributed by atoms with Gasteiger partial charge in [-0.2, -0.15) is 0 Å². The van der Waals surface area contributed by atoms with Crippen molar-refractivity contribution in [3.8, 4) is 0 Å². The van der Waals surface area contributed by atoms with Crippen molar-refractivity contribution in [2.45, 2.75) is 6.04 Å². The molecule has 0 saturated heterocycles. The number of carbonyl (C=O) groups is 1. The minimum absolute atomic E-state index is 0.0746. The van der Waals surface area contributed by atoms with Crippen LogP contribution in [-0.4, -0.2) is 30.9 Å². The lowest BCUT2D eigenvalue weighted by Crippen LogP contribution is -2.40. The smallest absolute Gasteiger partial charge is 0.248 e. The van der Waals surface area contributed by atoms with Crippen molar-refractivity contribution in [3.05, 3.63) is 24.4 Å². The third-order valence-corrected chi connectivity index (χ3v) is 1.49. The molecule has 1 aliphatic rings. The molecule has 1 unspecified atom stereocenters. The number of hydrogen-bond acceptors (Lipinski definition) is 2. The van der Waals surface area contributed by atoms with E-state index < -0.39 is 0 Å². The molecule has 0 radical (unpaired) electrons. The summed E-state index contributed by atoms with van der Waals surface area (Å²) < 4.78 is 0. The monoisotopic (exact) mass is 152 g/mol. The Labute approximate surface area is 66.4 Å². The summed E-state index contributed by atoms with van der Waals surface area (Å²) in [7, 11) is 3.49. The number of allylic oxidation sites excluding steroid dienone is 2. The summed E-state index contributed by atoms with van der Waals surface area (Å²) >= 11 is 0. The summed E-state index contributed by atoms with van der Waals surface area (Å²) in [6.07, 6.45) is 7.33. The molecule has 0 aromatic carbocycles. The van der Waals surface area contributed by atoms with Gasteiger partial charge in [0.2, 0.25) is 5.91 Å². The zero-order chi connectivity index (χ0) is 8.27. The van der Waals surface area contributed by atoms with E-state index in [9.17, 15) is 4.79 Å². The molecule has 3 heteroatoms. The molecule has 60 valence electrons. The molecule has 1 aliphatic heterocycles. The number of nitrogens with zero attached hydrogens (tertiary/aromatic N) is 1. The molecule has 0 aromatic heterocycles. The Balaban J connectivity index is 2.55.